The van der Waals surface area contributed by atoms with Crippen molar-refractivity contribution >= 4 is 41.1 Å². The lowest BCUT2D eigenvalue weighted by molar-refractivity contribution is -0.170. The molecule has 0 aliphatic rings. The molecule has 38 heavy (non-hydrogen) atoms. The van der Waals surface area contributed by atoms with Crippen LogP contribution < -0.4 is 0 Å². The molecule has 0 fully saturated rings. The quantitative estimate of drug-likeness (QED) is 0.236. The fraction of sp³-hybridized carbons (Fsp3) is 0.360. The number of nitrogens with zero attached hydrogens (tertiary/aromatic N) is 3. The number of benzene rings is 1. The molecule has 0 bridgehead atoms. The molecule has 0 amide bonds. The summed E-state index contributed by atoms with van der Waals surface area (Å²) < 4.78 is 7.83. The van der Waals surface area contributed by atoms with Crippen LogP contribution in [-0.4, -0.2) is 64.9 Å². The Balaban J connectivity index is 0.000000332. The van der Waals surface area contributed by atoms with Gasteiger partial charge >= 0.3 is 17.9 Å². The average molecular weight is 570 g/mol. The van der Waals surface area contributed by atoms with Crippen molar-refractivity contribution < 1.29 is 39.2 Å². The SMILES string of the molecule is Cc1ccc(CN(CCCn2ccnc2)Cc2ccc(Cl)c(Cl)c2)o1.O=C(O)CC(O)(CC(=O)O)C(=O)O. The molecule has 0 saturated carbocycles. The highest BCUT2D eigenvalue weighted by Crippen LogP contribution is 2.24. The summed E-state index contributed by atoms with van der Waals surface area (Å²) >= 11 is 12.2. The summed E-state index contributed by atoms with van der Waals surface area (Å²) in [5.74, 6) is -3.11. The minimum atomic E-state index is -2.74. The first-order chi connectivity index (χ1) is 17.9. The molecule has 0 aliphatic carbocycles. The number of carboxylic acids is 3. The van der Waals surface area contributed by atoms with Crippen molar-refractivity contribution in [3.05, 3.63) is 76.2 Å². The molecular formula is C25H29Cl2N3O8. The van der Waals surface area contributed by atoms with Gasteiger partial charge in [-0.3, -0.25) is 14.5 Å². The van der Waals surface area contributed by atoms with E-state index in [9.17, 15) is 14.4 Å². The van der Waals surface area contributed by atoms with E-state index in [-0.39, 0.29) is 0 Å². The fourth-order valence-electron chi connectivity index (χ4n) is 3.51. The summed E-state index contributed by atoms with van der Waals surface area (Å²) in [6.45, 7) is 5.40. The standard InChI is InChI=1S/C19H21Cl2N3O.C6H8O7/c1-15-3-5-17(25-15)13-24(9-2-8-23-10-7-22-14-23)12-16-4-6-18(20)19(21)11-16;7-3(8)1-6(13,5(11)12)2-4(9)10/h3-7,10-11,14H,2,8-9,12-13H2,1H3;13H,1-2H2,(H,7,8)(H,9,10)(H,11,12). The molecule has 0 unspecified atom stereocenters. The summed E-state index contributed by atoms with van der Waals surface area (Å²) in [4.78, 5) is 36.9. The average Bonchev–Trinajstić information content (AvgIpc) is 3.47. The highest BCUT2D eigenvalue weighted by atomic mass is 35.5. The van der Waals surface area contributed by atoms with Crippen molar-refractivity contribution in [1.29, 1.82) is 0 Å². The molecule has 0 radical (unpaired) electrons. The number of aliphatic hydroxyl groups is 1. The number of aryl methyl sites for hydroxylation is 2. The summed E-state index contributed by atoms with van der Waals surface area (Å²) in [6.07, 6.45) is 4.37. The first-order valence-electron chi connectivity index (χ1n) is 11.4. The molecule has 3 aromatic rings. The molecule has 13 heteroatoms. The smallest absolute Gasteiger partial charge is 0.336 e. The Morgan fingerprint density at radius 3 is 2.21 bits per heavy atom. The molecule has 0 atom stereocenters. The molecule has 4 N–H and O–H groups in total. The van der Waals surface area contributed by atoms with E-state index in [1.807, 2.05) is 49.8 Å². The van der Waals surface area contributed by atoms with E-state index in [0.717, 1.165) is 49.7 Å². The Morgan fingerprint density at radius 2 is 1.71 bits per heavy atom. The van der Waals surface area contributed by atoms with Gasteiger partial charge in [-0.2, -0.15) is 0 Å². The van der Waals surface area contributed by atoms with Crippen LogP contribution in [0, 0.1) is 6.92 Å². The maximum atomic E-state index is 10.3. The zero-order valence-electron chi connectivity index (χ0n) is 20.6. The normalized spacial score (nSPS) is 11.2. The van der Waals surface area contributed by atoms with Gasteiger partial charge in [-0.1, -0.05) is 29.3 Å². The number of carboxylic acid groups (broad SMARTS) is 3. The van der Waals surface area contributed by atoms with Gasteiger partial charge in [0.1, 0.15) is 11.5 Å². The fourth-order valence-corrected chi connectivity index (χ4v) is 3.83. The van der Waals surface area contributed by atoms with Gasteiger partial charge in [-0.25, -0.2) is 9.78 Å². The number of hydrogen-bond acceptors (Lipinski definition) is 7. The molecule has 1 aromatic carbocycles. The maximum Gasteiger partial charge on any atom is 0.336 e. The highest BCUT2D eigenvalue weighted by molar-refractivity contribution is 6.42. The van der Waals surface area contributed by atoms with E-state index < -0.39 is 36.4 Å². The van der Waals surface area contributed by atoms with Crippen molar-refractivity contribution in [3.63, 3.8) is 0 Å². The van der Waals surface area contributed by atoms with Crippen LogP contribution in [0.1, 0.15) is 36.3 Å². The highest BCUT2D eigenvalue weighted by Gasteiger charge is 2.40. The van der Waals surface area contributed by atoms with Crippen LogP contribution in [0.5, 0.6) is 0 Å². The van der Waals surface area contributed by atoms with Gasteiger partial charge in [0.2, 0.25) is 0 Å². The van der Waals surface area contributed by atoms with Crippen molar-refractivity contribution in [3.8, 4) is 0 Å². The molecule has 0 spiro atoms. The van der Waals surface area contributed by atoms with E-state index in [0.29, 0.717) is 10.0 Å². The van der Waals surface area contributed by atoms with Crippen LogP contribution in [-0.2, 0) is 34.0 Å². The number of imidazole rings is 1. The minimum absolute atomic E-state index is 0.582. The van der Waals surface area contributed by atoms with Crippen molar-refractivity contribution in [2.45, 2.75) is 51.4 Å². The van der Waals surface area contributed by atoms with Crippen LogP contribution in [0.3, 0.4) is 0 Å². The lowest BCUT2D eigenvalue weighted by Crippen LogP contribution is -2.42. The zero-order chi connectivity index (χ0) is 28.3. The maximum absolute atomic E-state index is 10.3. The Labute approximate surface area is 228 Å². The van der Waals surface area contributed by atoms with Crippen molar-refractivity contribution in [2.24, 2.45) is 0 Å². The third kappa shape index (κ3) is 10.5. The second-order valence-electron chi connectivity index (χ2n) is 8.60. The first-order valence-corrected chi connectivity index (χ1v) is 12.2. The predicted molar refractivity (Wildman–Crippen MR) is 138 cm³/mol. The Hall–Kier alpha value is -3.38. The van der Waals surface area contributed by atoms with Crippen LogP contribution in [0.25, 0.3) is 0 Å². The van der Waals surface area contributed by atoms with Gasteiger partial charge in [-0.05, 0) is 43.2 Å². The van der Waals surface area contributed by atoms with Gasteiger partial charge in [0.25, 0.3) is 0 Å². The summed E-state index contributed by atoms with van der Waals surface area (Å²) in [5, 5.41) is 35.0. The van der Waals surface area contributed by atoms with Crippen molar-refractivity contribution in [1.82, 2.24) is 14.5 Å². The van der Waals surface area contributed by atoms with Crippen LogP contribution in [0.4, 0.5) is 0 Å². The van der Waals surface area contributed by atoms with Crippen molar-refractivity contribution in [2.75, 3.05) is 6.54 Å². The van der Waals surface area contributed by atoms with E-state index >= 15 is 0 Å². The molecule has 2 heterocycles. The number of hydrogen-bond donors (Lipinski definition) is 4. The number of aliphatic carboxylic acids is 3. The molecule has 3 rings (SSSR count). The zero-order valence-corrected chi connectivity index (χ0v) is 22.1. The molecule has 11 nitrogen and oxygen atoms in total. The summed E-state index contributed by atoms with van der Waals surface area (Å²) in [6, 6.07) is 9.83. The van der Waals surface area contributed by atoms with Crippen LogP contribution in [0.2, 0.25) is 10.0 Å². The first kappa shape index (κ1) is 30.8. The van der Waals surface area contributed by atoms with E-state index in [4.69, 9.17) is 48.0 Å². The lowest BCUT2D eigenvalue weighted by atomic mass is 9.96. The topological polar surface area (TPSA) is 166 Å². The molecule has 0 aliphatic heterocycles. The predicted octanol–water partition coefficient (Wildman–Crippen LogP) is 3.94. The molecular weight excluding hydrogens is 541 g/mol. The third-order valence-electron chi connectivity index (χ3n) is 5.30. The second-order valence-corrected chi connectivity index (χ2v) is 9.42. The van der Waals surface area contributed by atoms with Gasteiger partial charge in [-0.15, -0.1) is 0 Å². The molecule has 0 saturated heterocycles. The number of carbonyl (C=O) groups is 3. The van der Waals surface area contributed by atoms with Gasteiger partial charge in [0, 0.05) is 32.0 Å². The Bertz CT molecular complexity index is 1200. The Morgan fingerprint density at radius 1 is 1.03 bits per heavy atom. The van der Waals surface area contributed by atoms with Crippen LogP contribution >= 0.6 is 23.2 Å². The van der Waals surface area contributed by atoms with E-state index in [1.165, 1.54) is 0 Å². The monoisotopic (exact) mass is 569 g/mol. The summed E-state index contributed by atoms with van der Waals surface area (Å²) in [5.41, 5.74) is -1.60. The van der Waals surface area contributed by atoms with Gasteiger partial charge in [0.05, 0.1) is 35.8 Å². The largest absolute Gasteiger partial charge is 0.481 e. The minimum Gasteiger partial charge on any atom is -0.481 e. The lowest BCUT2D eigenvalue weighted by Gasteiger charge is -2.21. The number of rotatable bonds is 13. The third-order valence-corrected chi connectivity index (χ3v) is 6.04. The second kappa shape index (κ2) is 14.5. The van der Waals surface area contributed by atoms with Crippen LogP contribution in [0.15, 0.2) is 53.5 Å². The summed E-state index contributed by atoms with van der Waals surface area (Å²) in [7, 11) is 0. The molecule has 206 valence electrons. The molecule has 2 aromatic heterocycles. The van der Waals surface area contributed by atoms with E-state index in [2.05, 4.69) is 14.5 Å². The Kier molecular flexibility index (Phi) is 11.8. The number of halogens is 2. The van der Waals surface area contributed by atoms with Gasteiger partial charge in [0.15, 0.2) is 5.60 Å². The number of aromatic nitrogens is 2. The van der Waals surface area contributed by atoms with E-state index in [1.54, 1.807) is 6.20 Å². The van der Waals surface area contributed by atoms with Gasteiger partial charge < -0.3 is 29.4 Å². The number of furan rings is 1.